The summed E-state index contributed by atoms with van der Waals surface area (Å²) >= 11 is 7.81. The fourth-order valence-electron chi connectivity index (χ4n) is 5.51. The molecule has 0 aromatic heterocycles. The van der Waals surface area contributed by atoms with Crippen LogP contribution in [0.4, 0.5) is 0 Å². The van der Waals surface area contributed by atoms with Gasteiger partial charge in [-0.2, -0.15) is 0 Å². The van der Waals surface area contributed by atoms with E-state index < -0.39 is 0 Å². The Morgan fingerprint density at radius 1 is 1.21 bits per heavy atom. The summed E-state index contributed by atoms with van der Waals surface area (Å²) in [7, 11) is 0. The van der Waals surface area contributed by atoms with Gasteiger partial charge in [0.25, 0.3) is 5.91 Å². The second-order valence-corrected chi connectivity index (χ2v) is 11.0. The average molecular weight is 488 g/mol. The Morgan fingerprint density at radius 3 is 2.73 bits per heavy atom. The lowest BCUT2D eigenvalue weighted by Crippen LogP contribution is -2.57. The molecule has 6 nitrogen and oxygen atoms in total. The number of halogens is 1. The number of amides is 1. The second-order valence-electron chi connectivity index (χ2n) is 9.40. The molecule has 2 fully saturated rings. The van der Waals surface area contributed by atoms with Crippen LogP contribution in [-0.4, -0.2) is 65.6 Å². The minimum atomic E-state index is -0.300. The van der Waals surface area contributed by atoms with Crippen LogP contribution in [0.15, 0.2) is 47.1 Å². The summed E-state index contributed by atoms with van der Waals surface area (Å²) < 4.78 is 5.50. The first kappa shape index (κ1) is 23.0. The molecule has 8 heteroatoms. The highest BCUT2D eigenvalue weighted by Gasteiger charge is 2.50. The maximum Gasteiger partial charge on any atom is 0.256 e. The van der Waals surface area contributed by atoms with Crippen molar-refractivity contribution in [3.8, 4) is 0 Å². The third kappa shape index (κ3) is 4.87. The number of carbonyl (C=O) groups excluding carboxylic acids is 2. The number of hydrogen-bond acceptors (Lipinski definition) is 6. The SMILES string of the molecule is CC1=CSC2CC(CN3CCOCC3)CC3C(=O)C(C(=O)NCc4ccc(Cl)cc4)=CN1C23. The van der Waals surface area contributed by atoms with Gasteiger partial charge in [-0.25, -0.2) is 0 Å². The molecular formula is C25H30ClN3O3S. The van der Waals surface area contributed by atoms with Crippen LogP contribution in [0.2, 0.25) is 5.02 Å². The van der Waals surface area contributed by atoms with Gasteiger partial charge in [0, 0.05) is 54.3 Å². The van der Waals surface area contributed by atoms with Gasteiger partial charge in [0.05, 0.1) is 24.8 Å². The van der Waals surface area contributed by atoms with Crippen molar-refractivity contribution in [1.82, 2.24) is 15.1 Å². The van der Waals surface area contributed by atoms with Crippen LogP contribution in [0.3, 0.4) is 0 Å². The molecule has 0 spiro atoms. The van der Waals surface area contributed by atoms with E-state index in [-0.39, 0.29) is 29.2 Å². The number of hydrogen-bond donors (Lipinski definition) is 1. The van der Waals surface area contributed by atoms with E-state index in [1.54, 1.807) is 18.3 Å². The Hall–Kier alpha value is -1.80. The minimum Gasteiger partial charge on any atom is -0.379 e. The molecule has 4 atom stereocenters. The lowest BCUT2D eigenvalue weighted by Gasteiger charge is -2.51. The first-order valence-electron chi connectivity index (χ1n) is 11.7. The topological polar surface area (TPSA) is 61.9 Å². The van der Waals surface area contributed by atoms with Crippen LogP contribution in [-0.2, 0) is 20.9 Å². The summed E-state index contributed by atoms with van der Waals surface area (Å²) in [5, 5.41) is 6.15. The number of rotatable bonds is 5. The zero-order valence-electron chi connectivity index (χ0n) is 18.8. The van der Waals surface area contributed by atoms with Crippen LogP contribution in [0.5, 0.6) is 0 Å². The number of carbonyl (C=O) groups is 2. The predicted molar refractivity (Wildman–Crippen MR) is 131 cm³/mol. The van der Waals surface area contributed by atoms with E-state index in [1.807, 2.05) is 23.9 Å². The maximum atomic E-state index is 13.6. The molecule has 1 amide bonds. The van der Waals surface area contributed by atoms with Gasteiger partial charge in [0.1, 0.15) is 0 Å². The van der Waals surface area contributed by atoms with Gasteiger partial charge in [0.15, 0.2) is 5.78 Å². The van der Waals surface area contributed by atoms with Crippen LogP contribution >= 0.6 is 23.4 Å². The van der Waals surface area contributed by atoms with Crippen molar-refractivity contribution in [1.29, 1.82) is 0 Å². The predicted octanol–water partition coefficient (Wildman–Crippen LogP) is 3.43. The Morgan fingerprint density at radius 2 is 1.97 bits per heavy atom. The molecule has 33 heavy (non-hydrogen) atoms. The van der Waals surface area contributed by atoms with Gasteiger partial charge in [-0.1, -0.05) is 23.7 Å². The third-order valence-corrected chi connectivity index (χ3v) is 8.74. The number of Topliss-reactive ketones (excluding diaryl/α,β-unsaturated/α-hetero) is 1. The number of ketones is 1. The minimum absolute atomic E-state index is 0.00293. The van der Waals surface area contributed by atoms with Gasteiger partial charge in [-0.15, -0.1) is 11.8 Å². The molecule has 1 aliphatic carbocycles. The molecule has 1 saturated carbocycles. The van der Waals surface area contributed by atoms with Gasteiger partial charge in [-0.3, -0.25) is 14.5 Å². The van der Waals surface area contributed by atoms with E-state index in [9.17, 15) is 9.59 Å². The molecule has 4 unspecified atom stereocenters. The molecule has 176 valence electrons. The fourth-order valence-corrected chi connectivity index (χ4v) is 7.00. The number of ether oxygens (including phenoxy) is 1. The van der Waals surface area contributed by atoms with Crippen molar-refractivity contribution in [2.45, 2.75) is 37.6 Å². The lowest BCUT2D eigenvalue weighted by molar-refractivity contribution is -0.128. The molecule has 1 N–H and O–H groups in total. The van der Waals surface area contributed by atoms with Crippen molar-refractivity contribution in [3.63, 3.8) is 0 Å². The summed E-state index contributed by atoms with van der Waals surface area (Å²) in [6.07, 6.45) is 3.73. The molecule has 1 aromatic rings. The average Bonchev–Trinajstić information content (AvgIpc) is 2.82. The monoisotopic (exact) mass is 487 g/mol. The summed E-state index contributed by atoms with van der Waals surface area (Å²) in [4.78, 5) is 31.3. The molecule has 1 saturated heterocycles. The van der Waals surface area contributed by atoms with E-state index in [4.69, 9.17) is 16.3 Å². The summed E-state index contributed by atoms with van der Waals surface area (Å²) in [6.45, 7) is 6.91. The van der Waals surface area contributed by atoms with Crippen molar-refractivity contribution in [2.24, 2.45) is 11.8 Å². The summed E-state index contributed by atoms with van der Waals surface area (Å²) in [5.41, 5.74) is 2.33. The number of nitrogens with zero attached hydrogens (tertiary/aromatic N) is 2. The maximum absolute atomic E-state index is 13.6. The van der Waals surface area contributed by atoms with Gasteiger partial charge < -0.3 is 15.0 Å². The Bertz CT molecular complexity index is 974. The van der Waals surface area contributed by atoms with Crippen LogP contribution < -0.4 is 5.32 Å². The highest BCUT2D eigenvalue weighted by atomic mass is 35.5. The standard InChI is InChI=1S/C25H30ClN3O3S/c1-16-15-33-22-11-18(13-28-6-8-32-9-7-28)10-20-23(22)29(16)14-21(24(20)30)25(31)27-12-17-2-4-19(26)5-3-17/h2-5,14-15,18,20,22-23H,6-13H2,1H3,(H,27,31). The number of nitrogens with one attached hydrogen (secondary N) is 1. The summed E-state index contributed by atoms with van der Waals surface area (Å²) in [6, 6.07) is 7.50. The Balaban J connectivity index is 1.33. The van der Waals surface area contributed by atoms with Crippen molar-refractivity contribution >= 4 is 35.1 Å². The van der Waals surface area contributed by atoms with E-state index in [1.165, 1.54) is 0 Å². The Labute approximate surface area is 204 Å². The van der Waals surface area contributed by atoms with Crippen LogP contribution in [0.1, 0.15) is 25.3 Å². The zero-order chi connectivity index (χ0) is 22.9. The highest BCUT2D eigenvalue weighted by molar-refractivity contribution is 8.02. The molecule has 0 bridgehead atoms. The number of thioether (sulfide) groups is 1. The van der Waals surface area contributed by atoms with E-state index in [2.05, 4.69) is 27.4 Å². The molecule has 0 radical (unpaired) electrons. The van der Waals surface area contributed by atoms with E-state index in [0.717, 1.165) is 57.0 Å². The second kappa shape index (κ2) is 9.82. The van der Waals surface area contributed by atoms with Crippen molar-refractivity contribution in [3.05, 3.63) is 57.7 Å². The number of morpholine rings is 1. The molecule has 3 heterocycles. The lowest BCUT2D eigenvalue weighted by atomic mass is 9.71. The molecule has 1 aromatic carbocycles. The Kier molecular flexibility index (Phi) is 6.84. The highest BCUT2D eigenvalue weighted by Crippen LogP contribution is 2.47. The third-order valence-electron chi connectivity index (χ3n) is 7.19. The molecule has 3 aliphatic heterocycles. The molecule has 4 aliphatic rings. The van der Waals surface area contributed by atoms with Crippen molar-refractivity contribution in [2.75, 3.05) is 32.8 Å². The van der Waals surface area contributed by atoms with Gasteiger partial charge in [-0.05, 0) is 48.8 Å². The van der Waals surface area contributed by atoms with E-state index >= 15 is 0 Å². The van der Waals surface area contributed by atoms with Crippen LogP contribution in [0.25, 0.3) is 0 Å². The van der Waals surface area contributed by atoms with Gasteiger partial charge in [0.2, 0.25) is 0 Å². The van der Waals surface area contributed by atoms with Gasteiger partial charge >= 0.3 is 0 Å². The zero-order valence-corrected chi connectivity index (χ0v) is 20.4. The quantitative estimate of drug-likeness (QED) is 0.642. The number of allylic oxidation sites excluding steroid dienone is 1. The normalized spacial score (nSPS) is 29.8. The largest absolute Gasteiger partial charge is 0.379 e. The number of benzene rings is 1. The first-order valence-corrected chi connectivity index (χ1v) is 13.0. The first-order chi connectivity index (χ1) is 16.0. The molecule has 5 rings (SSSR count). The smallest absolute Gasteiger partial charge is 0.256 e. The summed E-state index contributed by atoms with van der Waals surface area (Å²) in [5.74, 6) is 0.00581. The fraction of sp³-hybridized carbons (Fsp3) is 0.520. The molecular weight excluding hydrogens is 458 g/mol. The van der Waals surface area contributed by atoms with Crippen LogP contribution in [0, 0.1) is 11.8 Å². The van der Waals surface area contributed by atoms with Crippen molar-refractivity contribution < 1.29 is 14.3 Å². The van der Waals surface area contributed by atoms with E-state index in [0.29, 0.717) is 22.7 Å².